The zero-order valence-corrected chi connectivity index (χ0v) is 13.1. The number of H-pyrrole nitrogens is 1. The Kier molecular flexibility index (Phi) is 3.05. The fourth-order valence-electron chi connectivity index (χ4n) is 2.90. The van der Waals surface area contributed by atoms with Crippen LogP contribution < -0.4 is 4.74 Å². The van der Waals surface area contributed by atoms with E-state index in [2.05, 4.69) is 4.98 Å². The summed E-state index contributed by atoms with van der Waals surface area (Å²) < 4.78 is 6.54. The number of hydrogen-bond donors (Lipinski definition) is 1. The van der Waals surface area contributed by atoms with Crippen molar-refractivity contribution in [2.45, 2.75) is 10.9 Å². The van der Waals surface area contributed by atoms with E-state index in [0.29, 0.717) is 12.5 Å². The van der Waals surface area contributed by atoms with Gasteiger partial charge in [0, 0.05) is 40.2 Å². The number of fused-ring (bicyclic) bond motifs is 5. The monoisotopic (exact) mass is 338 g/mol. The van der Waals surface area contributed by atoms with Gasteiger partial charge in [-0.3, -0.25) is 10.1 Å². The summed E-state index contributed by atoms with van der Waals surface area (Å²) in [6.07, 6.45) is 0. The lowest BCUT2D eigenvalue weighted by atomic mass is 9.83. The third-order valence-electron chi connectivity index (χ3n) is 3.83. The lowest BCUT2D eigenvalue weighted by Gasteiger charge is -2.35. The molecule has 0 amide bonds. The highest BCUT2D eigenvalue weighted by atomic mass is 32.2. The van der Waals surface area contributed by atoms with E-state index in [0.717, 1.165) is 26.0 Å². The highest BCUT2D eigenvalue weighted by Gasteiger charge is 2.39. The minimum atomic E-state index is -0.360. The molecule has 2 aliphatic heterocycles. The number of ether oxygens (including phenoxy) is 1. The van der Waals surface area contributed by atoms with E-state index < -0.39 is 0 Å². The van der Waals surface area contributed by atoms with Gasteiger partial charge in [0.05, 0.1) is 16.6 Å². The molecule has 2 aromatic rings. The fourth-order valence-corrected chi connectivity index (χ4v) is 5.76. The van der Waals surface area contributed by atoms with Crippen molar-refractivity contribution in [3.05, 3.63) is 42.7 Å². The van der Waals surface area contributed by atoms with Crippen LogP contribution in [0.2, 0.25) is 0 Å². The van der Waals surface area contributed by atoms with Gasteiger partial charge in [0.1, 0.15) is 5.75 Å². The van der Waals surface area contributed by atoms with Gasteiger partial charge < -0.3 is 9.72 Å². The minimum Gasteiger partial charge on any atom is -0.493 e. The van der Waals surface area contributed by atoms with Crippen LogP contribution in [0, 0.1) is 20.0 Å². The van der Waals surface area contributed by atoms with Gasteiger partial charge in [0.25, 0.3) is 5.69 Å². The molecule has 5 nitrogen and oxygen atoms in total. The Morgan fingerprint density at radius 3 is 3.14 bits per heavy atom. The van der Waals surface area contributed by atoms with Crippen molar-refractivity contribution in [2.75, 3.05) is 12.4 Å². The van der Waals surface area contributed by atoms with Crippen LogP contribution in [0.25, 0.3) is 0 Å². The number of hydrogen-bond acceptors (Lipinski definition) is 6. The maximum absolute atomic E-state index is 11.0. The normalized spacial score (nSPS) is 22.7. The molecule has 3 heterocycles. The van der Waals surface area contributed by atoms with Crippen LogP contribution >= 0.6 is 35.3 Å². The summed E-state index contributed by atoms with van der Waals surface area (Å²) in [4.78, 5) is 15.1. The molecule has 2 atom stereocenters. The number of nitrogens with one attached hydrogen (secondary N) is 1. The number of nitrogens with zero attached hydrogens (tertiary/aromatic N) is 1. The quantitative estimate of drug-likeness (QED) is 0.484. The summed E-state index contributed by atoms with van der Waals surface area (Å²) in [5.74, 6) is 2.15. The van der Waals surface area contributed by atoms with E-state index in [1.807, 2.05) is 0 Å². The third kappa shape index (κ3) is 2.09. The van der Waals surface area contributed by atoms with Crippen LogP contribution in [0.4, 0.5) is 5.69 Å². The maximum atomic E-state index is 11.0. The lowest BCUT2D eigenvalue weighted by molar-refractivity contribution is -0.385. The smallest absolute Gasteiger partial charge is 0.269 e. The van der Waals surface area contributed by atoms with Crippen LogP contribution in [0.15, 0.2) is 23.2 Å². The summed E-state index contributed by atoms with van der Waals surface area (Å²) in [6, 6.07) is 4.85. The molecule has 0 aliphatic carbocycles. The number of non-ortho nitro benzene ring substituents is 1. The Balaban J connectivity index is 1.91. The van der Waals surface area contributed by atoms with E-state index in [1.165, 1.54) is 10.9 Å². The average Bonchev–Trinajstić information content (AvgIpc) is 2.86. The van der Waals surface area contributed by atoms with Crippen molar-refractivity contribution in [3.8, 4) is 5.75 Å². The van der Waals surface area contributed by atoms with Gasteiger partial charge in [-0.15, -0.1) is 23.1 Å². The van der Waals surface area contributed by atoms with Gasteiger partial charge in [-0.2, -0.15) is 0 Å². The van der Waals surface area contributed by atoms with E-state index >= 15 is 0 Å². The van der Waals surface area contributed by atoms with Crippen molar-refractivity contribution < 1.29 is 9.66 Å². The molecule has 0 saturated carbocycles. The predicted molar refractivity (Wildman–Crippen MR) is 84.2 cm³/mol. The van der Waals surface area contributed by atoms with Crippen molar-refractivity contribution in [1.82, 2.24) is 4.98 Å². The number of benzene rings is 1. The molecule has 1 aromatic heterocycles. The van der Waals surface area contributed by atoms with E-state index in [4.69, 9.17) is 17.0 Å². The SMILES string of the molecule is O=[N+]([O-])c1ccc2c(c1)[C@@H]1c3sc(=S)[nH]c3SC[C@H]1CO2. The van der Waals surface area contributed by atoms with Crippen LogP contribution in [0.3, 0.4) is 0 Å². The Morgan fingerprint density at radius 2 is 2.33 bits per heavy atom. The van der Waals surface area contributed by atoms with Gasteiger partial charge in [-0.1, -0.05) is 0 Å². The number of nitro groups is 1. The molecule has 0 unspecified atom stereocenters. The number of thioether (sulfide) groups is 1. The van der Waals surface area contributed by atoms with Gasteiger partial charge >= 0.3 is 0 Å². The molecule has 0 fully saturated rings. The molecular weight excluding hydrogens is 328 g/mol. The molecular formula is C13H10N2O3S3. The third-order valence-corrected chi connectivity index (χ3v) is 6.48. The van der Waals surface area contributed by atoms with Gasteiger partial charge in [-0.25, -0.2) is 0 Å². The van der Waals surface area contributed by atoms with Crippen molar-refractivity contribution in [1.29, 1.82) is 0 Å². The molecule has 21 heavy (non-hydrogen) atoms. The molecule has 0 saturated heterocycles. The summed E-state index contributed by atoms with van der Waals surface area (Å²) in [6.45, 7) is 0.645. The Morgan fingerprint density at radius 1 is 1.48 bits per heavy atom. The molecule has 0 spiro atoms. The summed E-state index contributed by atoms with van der Waals surface area (Å²) in [5, 5.41) is 12.1. The number of thiazole rings is 1. The minimum absolute atomic E-state index is 0.108. The van der Waals surface area contributed by atoms with Gasteiger partial charge in [0.2, 0.25) is 0 Å². The van der Waals surface area contributed by atoms with Crippen LogP contribution in [0.1, 0.15) is 16.4 Å². The Bertz CT molecular complexity index is 798. The van der Waals surface area contributed by atoms with Crippen molar-refractivity contribution in [3.63, 3.8) is 0 Å². The predicted octanol–water partition coefficient (Wildman–Crippen LogP) is 3.96. The van der Waals surface area contributed by atoms with Crippen LogP contribution in [-0.4, -0.2) is 22.3 Å². The van der Waals surface area contributed by atoms with Crippen molar-refractivity contribution >= 4 is 41.0 Å². The average molecular weight is 338 g/mol. The van der Waals surface area contributed by atoms with Gasteiger partial charge in [0.15, 0.2) is 3.95 Å². The second kappa shape index (κ2) is 4.82. The Hall–Kier alpha value is -1.38. The second-order valence-corrected chi connectivity index (χ2v) is 7.80. The topological polar surface area (TPSA) is 68.2 Å². The Labute approximate surface area is 133 Å². The molecule has 2 aliphatic rings. The molecule has 1 N–H and O–H groups in total. The zero-order chi connectivity index (χ0) is 14.6. The number of aromatic nitrogens is 1. The maximum Gasteiger partial charge on any atom is 0.269 e. The van der Waals surface area contributed by atoms with Gasteiger partial charge in [-0.05, 0) is 18.3 Å². The van der Waals surface area contributed by atoms with E-state index in [1.54, 1.807) is 35.2 Å². The number of aromatic amines is 1. The lowest BCUT2D eigenvalue weighted by Crippen LogP contribution is -2.30. The molecule has 8 heteroatoms. The van der Waals surface area contributed by atoms with E-state index in [-0.39, 0.29) is 16.5 Å². The molecule has 0 radical (unpaired) electrons. The molecule has 0 bridgehead atoms. The zero-order valence-electron chi connectivity index (χ0n) is 10.7. The molecule has 4 rings (SSSR count). The first-order chi connectivity index (χ1) is 10.1. The summed E-state index contributed by atoms with van der Waals surface area (Å²) >= 11 is 8.57. The first-order valence-electron chi connectivity index (χ1n) is 6.40. The standard InChI is InChI=1S/C13H10N2O3S3/c16-15(17)7-1-2-9-8(3-7)10-6(4-18-9)5-20-12-11(10)21-13(19)14-12/h1-3,6,10H,4-5H2,(H,14,19)/t6-,10-/m1/s1. The van der Waals surface area contributed by atoms with Crippen molar-refractivity contribution in [2.24, 2.45) is 5.92 Å². The van der Waals surface area contributed by atoms with Crippen LogP contribution in [-0.2, 0) is 0 Å². The highest BCUT2D eigenvalue weighted by Crippen LogP contribution is 2.51. The first-order valence-corrected chi connectivity index (χ1v) is 8.61. The number of nitro benzene ring substituents is 1. The van der Waals surface area contributed by atoms with Crippen LogP contribution in [0.5, 0.6) is 5.75 Å². The summed E-state index contributed by atoms with van der Waals surface area (Å²) in [5.41, 5.74) is 1.02. The summed E-state index contributed by atoms with van der Waals surface area (Å²) in [7, 11) is 0. The first kappa shape index (κ1) is 13.3. The number of rotatable bonds is 1. The fraction of sp³-hybridized carbons (Fsp3) is 0.308. The molecule has 108 valence electrons. The van der Waals surface area contributed by atoms with E-state index in [9.17, 15) is 10.1 Å². The highest BCUT2D eigenvalue weighted by molar-refractivity contribution is 7.99. The second-order valence-electron chi connectivity index (χ2n) is 5.05. The largest absolute Gasteiger partial charge is 0.493 e. The molecule has 1 aromatic carbocycles.